The van der Waals surface area contributed by atoms with Crippen molar-refractivity contribution in [2.75, 3.05) is 6.54 Å². The number of amides is 1. The maximum atomic E-state index is 13.3. The second-order valence-electron chi connectivity index (χ2n) is 11.8. The summed E-state index contributed by atoms with van der Waals surface area (Å²) >= 11 is 0. The summed E-state index contributed by atoms with van der Waals surface area (Å²) < 4.78 is 58.6. The number of nitrogens with one attached hydrogen (secondary N) is 2. The molecule has 0 bridgehead atoms. The SMILES string of the molecule is CC(C)(C)Cc1cnc2c(c1)[C@@H](NC[C@@H](O)[C@H](Cc1ccc(F)cc1)NC(=O)C(F)(F)F)CC1(CCC1)O2. The van der Waals surface area contributed by atoms with E-state index in [0.717, 1.165) is 36.8 Å². The van der Waals surface area contributed by atoms with E-state index in [1.807, 2.05) is 17.6 Å². The number of hydrogen-bond donors (Lipinski definition) is 3. The molecule has 1 aromatic heterocycles. The van der Waals surface area contributed by atoms with Gasteiger partial charge in [-0.2, -0.15) is 13.2 Å². The molecule has 2 aromatic rings. The molecule has 3 N–H and O–H groups in total. The van der Waals surface area contributed by atoms with E-state index in [2.05, 4.69) is 31.1 Å². The zero-order valence-corrected chi connectivity index (χ0v) is 21.9. The minimum absolute atomic E-state index is 0.0457. The van der Waals surface area contributed by atoms with Gasteiger partial charge in [0.1, 0.15) is 11.4 Å². The summed E-state index contributed by atoms with van der Waals surface area (Å²) in [5, 5.41) is 16.2. The van der Waals surface area contributed by atoms with Gasteiger partial charge in [-0.15, -0.1) is 0 Å². The van der Waals surface area contributed by atoms with E-state index in [0.29, 0.717) is 17.9 Å². The topological polar surface area (TPSA) is 83.5 Å². The summed E-state index contributed by atoms with van der Waals surface area (Å²) in [5.41, 5.74) is 2.09. The third kappa shape index (κ3) is 7.02. The van der Waals surface area contributed by atoms with Crippen LogP contribution in [0.5, 0.6) is 5.88 Å². The lowest BCUT2D eigenvalue weighted by atomic mass is 9.73. The van der Waals surface area contributed by atoms with E-state index in [-0.39, 0.29) is 30.0 Å². The number of fused-ring (bicyclic) bond motifs is 1. The maximum absolute atomic E-state index is 13.3. The Morgan fingerprint density at radius 1 is 1.18 bits per heavy atom. The number of ether oxygens (including phenoxy) is 1. The molecule has 1 aromatic carbocycles. The van der Waals surface area contributed by atoms with Crippen LogP contribution in [0.3, 0.4) is 0 Å². The van der Waals surface area contributed by atoms with Crippen LogP contribution < -0.4 is 15.4 Å². The molecule has 0 radical (unpaired) electrons. The van der Waals surface area contributed by atoms with Gasteiger partial charge in [0.25, 0.3) is 0 Å². The first-order valence-electron chi connectivity index (χ1n) is 12.9. The van der Waals surface area contributed by atoms with Crippen molar-refractivity contribution in [1.29, 1.82) is 0 Å². The average Bonchev–Trinajstić information content (AvgIpc) is 2.80. The molecule has 1 amide bonds. The Labute approximate surface area is 220 Å². The molecular weight excluding hydrogens is 502 g/mol. The standard InChI is InChI=1S/C28H35F4N3O3/c1-26(2,3)13-18-11-20-22(14-27(9-4-10-27)38-24(20)34-15-18)33-16-23(36)21(35-25(37)28(30,31)32)12-17-5-7-19(29)8-6-17/h5-8,11,15,21-23,33,36H,4,9-10,12-14,16H2,1-3H3,(H,35,37)/t21-,22-,23+/m0/s1. The van der Waals surface area contributed by atoms with Crippen molar-refractivity contribution in [1.82, 2.24) is 15.6 Å². The minimum atomic E-state index is -5.10. The first-order valence-corrected chi connectivity index (χ1v) is 12.9. The first-order chi connectivity index (χ1) is 17.7. The molecular formula is C28H35F4N3O3. The summed E-state index contributed by atoms with van der Waals surface area (Å²) in [7, 11) is 0. The monoisotopic (exact) mass is 537 g/mol. The van der Waals surface area contributed by atoms with Gasteiger partial charge < -0.3 is 20.5 Å². The Kier molecular flexibility index (Phi) is 8.04. The highest BCUT2D eigenvalue weighted by Crippen LogP contribution is 2.48. The molecule has 0 saturated heterocycles. The highest BCUT2D eigenvalue weighted by Gasteiger charge is 2.46. The predicted octanol–water partition coefficient (Wildman–Crippen LogP) is 4.80. The fraction of sp³-hybridized carbons (Fsp3) is 0.571. The summed E-state index contributed by atoms with van der Waals surface area (Å²) in [4.78, 5) is 16.3. The molecule has 208 valence electrons. The van der Waals surface area contributed by atoms with Gasteiger partial charge in [-0.25, -0.2) is 9.37 Å². The number of carbonyl (C=O) groups excluding carboxylic acids is 1. The number of nitrogens with zero attached hydrogens (tertiary/aromatic N) is 1. The van der Waals surface area contributed by atoms with Gasteiger partial charge in [0.2, 0.25) is 5.88 Å². The Balaban J connectivity index is 1.52. The van der Waals surface area contributed by atoms with Gasteiger partial charge in [-0.05, 0) is 66.8 Å². The van der Waals surface area contributed by atoms with E-state index in [1.54, 1.807) is 0 Å². The Morgan fingerprint density at radius 3 is 2.45 bits per heavy atom. The summed E-state index contributed by atoms with van der Waals surface area (Å²) in [6.45, 7) is 6.33. The number of aliphatic hydroxyl groups excluding tert-OH is 1. The maximum Gasteiger partial charge on any atom is 0.471 e. The van der Waals surface area contributed by atoms with Crippen LogP contribution >= 0.6 is 0 Å². The van der Waals surface area contributed by atoms with Gasteiger partial charge in [0.05, 0.1) is 12.1 Å². The lowest BCUT2D eigenvalue weighted by molar-refractivity contribution is -0.175. The molecule has 0 unspecified atom stereocenters. The van der Waals surface area contributed by atoms with Gasteiger partial charge in [0, 0.05) is 30.8 Å². The lowest BCUT2D eigenvalue weighted by Gasteiger charge is -2.47. The largest absolute Gasteiger partial charge is 0.471 e. The molecule has 38 heavy (non-hydrogen) atoms. The van der Waals surface area contributed by atoms with Crippen LogP contribution in [0.4, 0.5) is 17.6 Å². The second-order valence-corrected chi connectivity index (χ2v) is 11.8. The van der Waals surface area contributed by atoms with Gasteiger partial charge >= 0.3 is 12.1 Å². The number of carbonyl (C=O) groups is 1. The molecule has 1 fully saturated rings. The summed E-state index contributed by atoms with van der Waals surface area (Å²) in [6, 6.07) is 5.77. The van der Waals surface area contributed by atoms with E-state index >= 15 is 0 Å². The van der Waals surface area contributed by atoms with E-state index in [1.165, 1.54) is 24.3 Å². The van der Waals surface area contributed by atoms with E-state index in [9.17, 15) is 27.5 Å². The molecule has 4 rings (SSSR count). The molecule has 1 saturated carbocycles. The van der Waals surface area contributed by atoms with Crippen molar-refractivity contribution in [3.8, 4) is 5.88 Å². The molecule has 10 heteroatoms. The normalized spacial score (nSPS) is 20.2. The van der Waals surface area contributed by atoms with Crippen LogP contribution in [0, 0.1) is 11.2 Å². The number of benzene rings is 1. The molecule has 3 atom stereocenters. The Bertz CT molecular complexity index is 1130. The van der Waals surface area contributed by atoms with Crippen LogP contribution in [0.1, 0.15) is 69.2 Å². The Morgan fingerprint density at radius 2 is 1.87 bits per heavy atom. The van der Waals surface area contributed by atoms with Gasteiger partial charge in [0.15, 0.2) is 0 Å². The minimum Gasteiger partial charge on any atom is -0.471 e. The number of aromatic nitrogens is 1. The molecule has 1 aliphatic heterocycles. The average molecular weight is 538 g/mol. The first kappa shape index (κ1) is 28.3. The number of aliphatic hydroxyl groups is 1. The van der Waals surface area contributed by atoms with Crippen LogP contribution in [-0.2, 0) is 17.6 Å². The molecule has 6 nitrogen and oxygen atoms in total. The van der Waals surface area contributed by atoms with Crippen LogP contribution in [0.15, 0.2) is 36.5 Å². The Hall–Kier alpha value is -2.72. The lowest BCUT2D eigenvalue weighted by Crippen LogP contribution is -2.54. The molecule has 1 aliphatic carbocycles. The van der Waals surface area contributed by atoms with Crippen LogP contribution in [0.2, 0.25) is 0 Å². The molecule has 2 aliphatic rings. The molecule has 2 heterocycles. The highest BCUT2D eigenvalue weighted by atomic mass is 19.4. The zero-order chi connectivity index (χ0) is 27.7. The van der Waals surface area contributed by atoms with Crippen molar-refractivity contribution in [3.05, 3.63) is 59.0 Å². The zero-order valence-electron chi connectivity index (χ0n) is 21.9. The van der Waals surface area contributed by atoms with E-state index in [4.69, 9.17) is 4.74 Å². The second kappa shape index (κ2) is 10.8. The number of rotatable bonds is 8. The van der Waals surface area contributed by atoms with Crippen molar-refractivity contribution in [2.45, 2.75) is 89.3 Å². The van der Waals surface area contributed by atoms with Crippen molar-refractivity contribution < 1.29 is 32.2 Å². The third-order valence-electron chi connectivity index (χ3n) is 7.18. The van der Waals surface area contributed by atoms with Crippen LogP contribution in [0.25, 0.3) is 0 Å². The number of halogens is 4. The number of pyridine rings is 1. The van der Waals surface area contributed by atoms with Crippen molar-refractivity contribution >= 4 is 5.91 Å². The van der Waals surface area contributed by atoms with Crippen LogP contribution in [-0.4, -0.2) is 46.5 Å². The van der Waals surface area contributed by atoms with Gasteiger partial charge in [-0.3, -0.25) is 4.79 Å². The number of hydrogen-bond acceptors (Lipinski definition) is 5. The molecule has 1 spiro atoms. The van der Waals surface area contributed by atoms with Crippen molar-refractivity contribution in [3.63, 3.8) is 0 Å². The van der Waals surface area contributed by atoms with E-state index < -0.39 is 30.0 Å². The fourth-order valence-electron chi connectivity index (χ4n) is 5.16. The quantitative estimate of drug-likeness (QED) is 0.422. The summed E-state index contributed by atoms with van der Waals surface area (Å²) in [5.74, 6) is -2.09. The fourth-order valence-corrected chi connectivity index (χ4v) is 5.16. The third-order valence-corrected chi connectivity index (χ3v) is 7.18. The highest BCUT2D eigenvalue weighted by molar-refractivity contribution is 5.82. The smallest absolute Gasteiger partial charge is 0.471 e. The van der Waals surface area contributed by atoms with Crippen molar-refractivity contribution in [2.24, 2.45) is 5.41 Å². The predicted molar refractivity (Wildman–Crippen MR) is 134 cm³/mol. The summed E-state index contributed by atoms with van der Waals surface area (Å²) in [6.07, 6.45) is -0.478. The van der Waals surface area contributed by atoms with Gasteiger partial charge in [-0.1, -0.05) is 32.9 Å². The number of alkyl halides is 3.